The zero-order valence-corrected chi connectivity index (χ0v) is 10.9. The zero-order valence-electron chi connectivity index (χ0n) is 8.07. The van der Waals surface area contributed by atoms with Gasteiger partial charge in [-0.3, -0.25) is 0 Å². The fraction of sp³-hybridized carbons (Fsp3) is 0.333. The average Bonchev–Trinajstić information content (AvgIpc) is 2.03. The SMILES string of the molecule is [CH3][Sn]([CH3])([CH3])[c]1ccc([N+](=O)[O-])cc1. The van der Waals surface area contributed by atoms with Crippen LogP contribution in [0.4, 0.5) is 5.69 Å². The van der Waals surface area contributed by atoms with Crippen LogP contribution in [0.15, 0.2) is 24.3 Å². The van der Waals surface area contributed by atoms with Gasteiger partial charge < -0.3 is 0 Å². The summed E-state index contributed by atoms with van der Waals surface area (Å²) in [6, 6.07) is 6.98. The fourth-order valence-corrected chi connectivity index (χ4v) is 4.41. The molecule has 1 aromatic carbocycles. The molecule has 0 aliphatic rings. The minimum absolute atomic E-state index is 0.180. The molecule has 0 amide bonds. The molecule has 0 unspecified atom stereocenters. The van der Waals surface area contributed by atoms with Crippen LogP contribution >= 0.6 is 0 Å². The van der Waals surface area contributed by atoms with Crippen molar-refractivity contribution in [3.8, 4) is 0 Å². The molecule has 0 spiro atoms. The van der Waals surface area contributed by atoms with Crippen molar-refractivity contribution < 1.29 is 4.92 Å². The number of hydrogen-bond donors (Lipinski definition) is 0. The van der Waals surface area contributed by atoms with Crippen molar-refractivity contribution in [3.05, 3.63) is 34.4 Å². The third kappa shape index (κ3) is 2.69. The van der Waals surface area contributed by atoms with E-state index in [1.807, 2.05) is 12.1 Å². The second-order valence-electron chi connectivity index (χ2n) is 4.05. The Balaban J connectivity index is 3.01. The van der Waals surface area contributed by atoms with E-state index in [0.29, 0.717) is 0 Å². The van der Waals surface area contributed by atoms with Crippen LogP contribution in [0.25, 0.3) is 0 Å². The van der Waals surface area contributed by atoms with Crippen molar-refractivity contribution in [1.29, 1.82) is 0 Å². The number of nitrogens with zero attached hydrogens (tertiary/aromatic N) is 1. The van der Waals surface area contributed by atoms with E-state index >= 15 is 0 Å². The minimum atomic E-state index is -2.01. The molecule has 0 aromatic heterocycles. The van der Waals surface area contributed by atoms with Crippen LogP contribution in [0.2, 0.25) is 14.8 Å². The Bertz CT molecular complexity index is 313. The van der Waals surface area contributed by atoms with Gasteiger partial charge in [-0.1, -0.05) is 0 Å². The van der Waals surface area contributed by atoms with Crippen molar-refractivity contribution in [1.82, 2.24) is 0 Å². The molecule has 1 aromatic rings. The topological polar surface area (TPSA) is 43.1 Å². The third-order valence-electron chi connectivity index (χ3n) is 1.94. The first kappa shape index (κ1) is 10.5. The maximum atomic E-state index is 10.4. The van der Waals surface area contributed by atoms with Crippen LogP contribution in [-0.2, 0) is 0 Å². The summed E-state index contributed by atoms with van der Waals surface area (Å²) >= 11 is -2.01. The molecule has 0 bridgehead atoms. The Hall–Kier alpha value is -0.581. The van der Waals surface area contributed by atoms with E-state index < -0.39 is 18.4 Å². The van der Waals surface area contributed by atoms with Crippen LogP contribution in [0, 0.1) is 10.1 Å². The van der Waals surface area contributed by atoms with Crippen molar-refractivity contribution in [2.45, 2.75) is 14.8 Å². The molecule has 0 heterocycles. The monoisotopic (exact) mass is 287 g/mol. The van der Waals surface area contributed by atoms with E-state index in [1.165, 1.54) is 3.58 Å². The molecular formula is C9H13NO2Sn. The van der Waals surface area contributed by atoms with E-state index in [1.54, 1.807) is 12.1 Å². The Morgan fingerprint density at radius 1 is 1.15 bits per heavy atom. The van der Waals surface area contributed by atoms with Crippen molar-refractivity contribution >= 4 is 27.6 Å². The molecule has 0 saturated carbocycles. The summed E-state index contributed by atoms with van der Waals surface area (Å²) in [7, 11) is 0. The summed E-state index contributed by atoms with van der Waals surface area (Å²) in [6.07, 6.45) is 0. The number of nitro benzene ring substituents is 1. The molecule has 13 heavy (non-hydrogen) atoms. The number of rotatable bonds is 2. The van der Waals surface area contributed by atoms with E-state index in [2.05, 4.69) is 14.8 Å². The normalized spacial score (nSPS) is 11.3. The summed E-state index contributed by atoms with van der Waals surface area (Å²) in [5.74, 6) is 0. The van der Waals surface area contributed by atoms with Gasteiger partial charge in [-0.2, -0.15) is 0 Å². The van der Waals surface area contributed by atoms with Crippen molar-refractivity contribution in [2.24, 2.45) is 0 Å². The molecule has 0 radical (unpaired) electrons. The van der Waals surface area contributed by atoms with E-state index in [-0.39, 0.29) is 10.6 Å². The molecule has 4 heteroatoms. The van der Waals surface area contributed by atoms with Crippen LogP contribution < -0.4 is 3.58 Å². The summed E-state index contributed by atoms with van der Waals surface area (Å²) in [6.45, 7) is 0. The second-order valence-corrected chi connectivity index (χ2v) is 18.5. The Morgan fingerprint density at radius 3 is 1.92 bits per heavy atom. The second kappa shape index (κ2) is 3.65. The van der Waals surface area contributed by atoms with Crippen molar-refractivity contribution in [3.63, 3.8) is 0 Å². The molecule has 0 N–H and O–H groups in total. The van der Waals surface area contributed by atoms with Gasteiger partial charge in [-0.05, 0) is 0 Å². The van der Waals surface area contributed by atoms with Gasteiger partial charge in [-0.25, -0.2) is 0 Å². The molecule has 0 aliphatic heterocycles. The molecule has 0 aliphatic carbocycles. The molecule has 1 rings (SSSR count). The van der Waals surface area contributed by atoms with Crippen LogP contribution in [0.1, 0.15) is 0 Å². The molecule has 0 saturated heterocycles. The van der Waals surface area contributed by atoms with Crippen LogP contribution in [-0.4, -0.2) is 23.3 Å². The molecule has 0 fully saturated rings. The zero-order chi connectivity index (χ0) is 10.1. The van der Waals surface area contributed by atoms with Gasteiger partial charge in [0.25, 0.3) is 0 Å². The Kier molecular flexibility index (Phi) is 2.95. The van der Waals surface area contributed by atoms with Gasteiger partial charge in [0, 0.05) is 0 Å². The average molecular weight is 286 g/mol. The van der Waals surface area contributed by atoms with Gasteiger partial charge in [0.05, 0.1) is 0 Å². The van der Waals surface area contributed by atoms with E-state index in [4.69, 9.17) is 0 Å². The third-order valence-corrected chi connectivity index (χ3v) is 7.84. The number of hydrogen-bond acceptors (Lipinski definition) is 2. The first-order chi connectivity index (χ1) is 5.91. The standard InChI is InChI=1S/C6H4NO2.3CH3.Sn/c8-7(9)6-4-2-1-3-5-6;;;;/h2-5H;3*1H3;. The molecular weight excluding hydrogens is 273 g/mol. The van der Waals surface area contributed by atoms with Gasteiger partial charge >= 0.3 is 81.8 Å². The van der Waals surface area contributed by atoms with E-state index in [9.17, 15) is 10.1 Å². The first-order valence-electron chi connectivity index (χ1n) is 4.16. The van der Waals surface area contributed by atoms with Crippen molar-refractivity contribution in [2.75, 3.05) is 0 Å². The quantitative estimate of drug-likeness (QED) is 0.475. The Labute approximate surface area is 81.8 Å². The van der Waals surface area contributed by atoms with Gasteiger partial charge in [0.15, 0.2) is 0 Å². The van der Waals surface area contributed by atoms with Gasteiger partial charge in [0.2, 0.25) is 0 Å². The summed E-state index contributed by atoms with van der Waals surface area (Å²) in [5.41, 5.74) is 0.180. The fourth-order valence-electron chi connectivity index (χ4n) is 1.08. The van der Waals surface area contributed by atoms with Gasteiger partial charge in [-0.15, -0.1) is 0 Å². The number of non-ortho nitro benzene ring substituents is 1. The summed E-state index contributed by atoms with van der Waals surface area (Å²) in [4.78, 5) is 16.9. The predicted molar refractivity (Wildman–Crippen MR) is 56.1 cm³/mol. The number of benzene rings is 1. The summed E-state index contributed by atoms with van der Waals surface area (Å²) < 4.78 is 1.32. The first-order valence-corrected chi connectivity index (χ1v) is 14.1. The molecule has 3 nitrogen and oxygen atoms in total. The predicted octanol–water partition coefficient (Wildman–Crippen LogP) is 2.14. The molecule has 0 atom stereocenters. The summed E-state index contributed by atoms with van der Waals surface area (Å²) in [5, 5.41) is 10.4. The van der Waals surface area contributed by atoms with E-state index in [0.717, 1.165) is 0 Å². The van der Waals surface area contributed by atoms with Crippen LogP contribution in [0.3, 0.4) is 0 Å². The van der Waals surface area contributed by atoms with Gasteiger partial charge in [0.1, 0.15) is 0 Å². The Morgan fingerprint density at radius 2 is 1.62 bits per heavy atom. The van der Waals surface area contributed by atoms with Crippen LogP contribution in [0.5, 0.6) is 0 Å². The number of nitro groups is 1. The maximum absolute atomic E-state index is 10.4. The molecule has 70 valence electrons.